The van der Waals surface area contributed by atoms with Gasteiger partial charge in [-0.2, -0.15) is 0 Å². The van der Waals surface area contributed by atoms with Gasteiger partial charge in [0.25, 0.3) is 0 Å². The van der Waals surface area contributed by atoms with Crippen molar-refractivity contribution < 1.29 is 4.39 Å². The Balaban J connectivity index is 1.72. The molecule has 4 nitrogen and oxygen atoms in total. The number of benzene rings is 1. The van der Waals surface area contributed by atoms with E-state index in [0.717, 1.165) is 36.4 Å². The summed E-state index contributed by atoms with van der Waals surface area (Å²) in [7, 11) is 0. The van der Waals surface area contributed by atoms with E-state index < -0.39 is 0 Å². The number of nitrogens with one attached hydrogen (secondary N) is 1. The molecule has 0 saturated carbocycles. The molecule has 0 spiro atoms. The first-order valence-electron chi connectivity index (χ1n) is 7.22. The maximum absolute atomic E-state index is 13.2. The molecule has 3 aliphatic heterocycles. The van der Waals surface area contributed by atoms with Gasteiger partial charge in [0.05, 0.1) is 5.52 Å². The van der Waals surface area contributed by atoms with Crippen LogP contribution in [0, 0.1) is 5.82 Å². The quantitative estimate of drug-likeness (QED) is 0.863. The number of piperidine rings is 1. The monoisotopic (exact) mass is 272 g/mol. The number of halogens is 1. The normalized spacial score (nSPS) is 25.9. The summed E-state index contributed by atoms with van der Waals surface area (Å²) in [6, 6.07) is 5.78. The second-order valence-electron chi connectivity index (χ2n) is 5.69. The Morgan fingerprint density at radius 2 is 2.20 bits per heavy atom. The number of hydrogen-bond acceptors (Lipinski definition) is 4. The van der Waals surface area contributed by atoms with Crippen molar-refractivity contribution in [3.05, 3.63) is 30.2 Å². The van der Waals surface area contributed by atoms with E-state index in [-0.39, 0.29) is 5.82 Å². The number of anilines is 1. The van der Waals surface area contributed by atoms with Crippen LogP contribution in [0.2, 0.25) is 0 Å². The molecule has 3 fully saturated rings. The fraction of sp³-hybridized carbons (Fsp3) is 0.467. The molecule has 3 saturated heterocycles. The van der Waals surface area contributed by atoms with E-state index in [1.54, 1.807) is 12.3 Å². The van der Waals surface area contributed by atoms with Gasteiger partial charge in [-0.25, -0.2) is 14.4 Å². The first kappa shape index (κ1) is 12.0. The Labute approximate surface area is 117 Å². The minimum absolute atomic E-state index is 0.244. The molecule has 5 heteroatoms. The molecule has 2 atom stereocenters. The van der Waals surface area contributed by atoms with Crippen molar-refractivity contribution in [3.8, 4) is 0 Å². The van der Waals surface area contributed by atoms with E-state index in [4.69, 9.17) is 0 Å². The largest absolute Gasteiger partial charge is 0.336 e. The molecule has 1 aromatic carbocycles. The molecule has 4 heterocycles. The summed E-state index contributed by atoms with van der Waals surface area (Å²) in [6.45, 7) is 2.00. The summed E-state index contributed by atoms with van der Waals surface area (Å²) in [5.74, 6) is 0.532. The molecule has 2 bridgehead atoms. The van der Waals surface area contributed by atoms with Crippen LogP contribution in [0.4, 0.5) is 10.3 Å². The molecule has 2 aromatic rings. The Bertz CT molecular complexity index is 637. The molecule has 104 valence electrons. The van der Waals surface area contributed by atoms with Gasteiger partial charge in [0.15, 0.2) is 0 Å². The summed E-state index contributed by atoms with van der Waals surface area (Å²) < 4.78 is 13.2. The number of hydrogen-bond donors (Lipinski definition) is 1. The Morgan fingerprint density at radius 3 is 3.05 bits per heavy atom. The second kappa shape index (κ2) is 4.66. The summed E-state index contributed by atoms with van der Waals surface area (Å²) in [5, 5.41) is 4.33. The van der Waals surface area contributed by atoms with E-state index in [9.17, 15) is 4.39 Å². The molecule has 0 aliphatic carbocycles. The Morgan fingerprint density at radius 1 is 1.25 bits per heavy atom. The molecular formula is C15H17FN4. The predicted molar refractivity (Wildman–Crippen MR) is 76.3 cm³/mol. The third-order valence-electron chi connectivity index (χ3n) is 4.44. The van der Waals surface area contributed by atoms with Gasteiger partial charge in [-0.05, 0) is 37.5 Å². The lowest BCUT2D eigenvalue weighted by Gasteiger charge is -2.31. The average molecular weight is 272 g/mol. The van der Waals surface area contributed by atoms with E-state index >= 15 is 0 Å². The van der Waals surface area contributed by atoms with Crippen LogP contribution in [0.5, 0.6) is 0 Å². The molecular weight excluding hydrogens is 255 g/mol. The van der Waals surface area contributed by atoms with Crippen molar-refractivity contribution in [1.82, 2.24) is 15.3 Å². The van der Waals surface area contributed by atoms with Crippen molar-refractivity contribution in [2.45, 2.75) is 31.3 Å². The van der Waals surface area contributed by atoms with Gasteiger partial charge >= 0.3 is 0 Å². The minimum Gasteiger partial charge on any atom is -0.336 e. The third kappa shape index (κ3) is 2.02. The van der Waals surface area contributed by atoms with Crippen LogP contribution in [0.25, 0.3) is 10.9 Å². The van der Waals surface area contributed by atoms with Crippen LogP contribution >= 0.6 is 0 Å². The van der Waals surface area contributed by atoms with E-state index in [2.05, 4.69) is 20.2 Å². The van der Waals surface area contributed by atoms with Gasteiger partial charge in [0.2, 0.25) is 5.95 Å². The summed E-state index contributed by atoms with van der Waals surface area (Å²) in [6.07, 6.45) is 5.30. The molecule has 2 unspecified atom stereocenters. The zero-order valence-corrected chi connectivity index (χ0v) is 11.2. The van der Waals surface area contributed by atoms with E-state index in [1.807, 2.05) is 0 Å². The number of rotatable bonds is 1. The molecule has 20 heavy (non-hydrogen) atoms. The zero-order chi connectivity index (χ0) is 13.5. The number of fused-ring (bicyclic) bond motifs is 5. The van der Waals surface area contributed by atoms with Crippen LogP contribution in [0.3, 0.4) is 0 Å². The highest BCUT2D eigenvalue weighted by Crippen LogP contribution is 2.26. The highest BCUT2D eigenvalue weighted by atomic mass is 19.1. The smallest absolute Gasteiger partial charge is 0.226 e. The van der Waals surface area contributed by atoms with Crippen LogP contribution in [-0.2, 0) is 0 Å². The Kier molecular flexibility index (Phi) is 2.80. The van der Waals surface area contributed by atoms with Gasteiger partial charge in [0, 0.05) is 36.8 Å². The summed E-state index contributed by atoms with van der Waals surface area (Å²) in [5.41, 5.74) is 0.808. The van der Waals surface area contributed by atoms with Gasteiger partial charge in [-0.15, -0.1) is 0 Å². The SMILES string of the molecule is Fc1ccc2nc(N3CCC4CCC3CN4)ncc2c1. The van der Waals surface area contributed by atoms with Gasteiger partial charge in [-0.1, -0.05) is 0 Å². The Hall–Kier alpha value is -1.75. The average Bonchev–Trinajstić information content (AvgIpc) is 2.80. The van der Waals surface area contributed by atoms with Gasteiger partial charge in [0.1, 0.15) is 5.82 Å². The van der Waals surface area contributed by atoms with E-state index in [1.165, 1.54) is 25.0 Å². The van der Waals surface area contributed by atoms with Gasteiger partial charge in [-0.3, -0.25) is 0 Å². The molecule has 1 aromatic heterocycles. The topological polar surface area (TPSA) is 41.1 Å². The lowest BCUT2D eigenvalue weighted by Crippen LogP contribution is -2.45. The molecule has 1 N–H and O–H groups in total. The highest BCUT2D eigenvalue weighted by Gasteiger charge is 2.31. The maximum Gasteiger partial charge on any atom is 0.226 e. The zero-order valence-electron chi connectivity index (χ0n) is 11.2. The van der Waals surface area contributed by atoms with Gasteiger partial charge < -0.3 is 10.2 Å². The lowest BCUT2D eigenvalue weighted by molar-refractivity contribution is 0.391. The number of aromatic nitrogens is 2. The molecule has 3 aliphatic rings. The second-order valence-corrected chi connectivity index (χ2v) is 5.69. The molecule has 0 radical (unpaired) electrons. The summed E-state index contributed by atoms with van der Waals surface area (Å²) >= 11 is 0. The van der Waals surface area contributed by atoms with Crippen LogP contribution in [0.15, 0.2) is 24.4 Å². The highest BCUT2D eigenvalue weighted by molar-refractivity contribution is 5.78. The number of nitrogens with zero attached hydrogens (tertiary/aromatic N) is 3. The first-order chi connectivity index (χ1) is 9.79. The summed E-state index contributed by atoms with van der Waals surface area (Å²) in [4.78, 5) is 11.4. The maximum atomic E-state index is 13.2. The van der Waals surface area contributed by atoms with Crippen molar-refractivity contribution in [2.75, 3.05) is 18.0 Å². The van der Waals surface area contributed by atoms with Crippen molar-refractivity contribution >= 4 is 16.9 Å². The first-order valence-corrected chi connectivity index (χ1v) is 7.22. The fourth-order valence-corrected chi connectivity index (χ4v) is 3.29. The van der Waals surface area contributed by atoms with Crippen molar-refractivity contribution in [2.24, 2.45) is 0 Å². The standard InChI is InChI=1S/C15H17FN4/c16-11-1-4-14-10(7-11)8-18-15(19-14)20-6-5-12-2-3-13(20)9-17-12/h1,4,7-8,12-13,17H,2-3,5-6,9H2. The van der Waals surface area contributed by atoms with Crippen LogP contribution in [0.1, 0.15) is 19.3 Å². The van der Waals surface area contributed by atoms with Crippen molar-refractivity contribution in [1.29, 1.82) is 0 Å². The van der Waals surface area contributed by atoms with Crippen LogP contribution in [-0.4, -0.2) is 35.1 Å². The lowest BCUT2D eigenvalue weighted by atomic mass is 10.0. The van der Waals surface area contributed by atoms with Crippen molar-refractivity contribution in [3.63, 3.8) is 0 Å². The third-order valence-corrected chi connectivity index (χ3v) is 4.44. The van der Waals surface area contributed by atoms with Crippen LogP contribution < -0.4 is 10.2 Å². The van der Waals surface area contributed by atoms with E-state index in [0.29, 0.717) is 12.1 Å². The molecule has 5 rings (SSSR count). The predicted octanol–water partition coefficient (Wildman–Crippen LogP) is 2.10. The fourth-order valence-electron chi connectivity index (χ4n) is 3.29. The molecule has 0 amide bonds. The minimum atomic E-state index is -0.244.